The molecule has 0 amide bonds. The second kappa shape index (κ2) is 4.45. The monoisotopic (exact) mass is 233 g/mol. The van der Waals surface area contributed by atoms with E-state index >= 15 is 0 Å². The molecule has 84 valence electrons. The van der Waals surface area contributed by atoms with Crippen LogP contribution in [0.4, 0.5) is 8.78 Å². The number of hydrogen-bond acceptors (Lipinski definition) is 1. The van der Waals surface area contributed by atoms with Crippen LogP contribution < -0.4 is 5.73 Å². The Kier molecular flexibility index (Phi) is 3.68. The maximum Gasteiger partial charge on any atom is 0.153 e. The summed E-state index contributed by atoms with van der Waals surface area (Å²) >= 11 is 5.60. The van der Waals surface area contributed by atoms with Gasteiger partial charge >= 0.3 is 0 Å². The van der Waals surface area contributed by atoms with Crippen molar-refractivity contribution in [2.24, 2.45) is 11.7 Å². The number of nitrogens with two attached hydrogens (primary N) is 1. The molecule has 15 heavy (non-hydrogen) atoms. The van der Waals surface area contributed by atoms with E-state index in [0.29, 0.717) is 0 Å². The molecule has 0 bridgehead atoms. The first-order valence-corrected chi connectivity index (χ1v) is 5.14. The summed E-state index contributed by atoms with van der Waals surface area (Å²) in [5.41, 5.74) is 3.51. The summed E-state index contributed by atoms with van der Waals surface area (Å²) in [6.45, 7) is 3.09. The Bertz CT molecular complexity index is 354. The molecule has 0 heterocycles. The van der Waals surface area contributed by atoms with Gasteiger partial charge in [0.15, 0.2) is 5.67 Å². The molecular weight excluding hydrogens is 220 g/mol. The number of hydrogen-bond donors (Lipinski definition) is 1. The van der Waals surface area contributed by atoms with Crippen LogP contribution in [0.1, 0.15) is 19.4 Å². The molecular formula is C11H14ClF2N. The molecule has 1 aromatic carbocycles. The molecule has 1 unspecified atom stereocenters. The van der Waals surface area contributed by atoms with Crippen LogP contribution in [0.2, 0.25) is 5.02 Å². The average molecular weight is 234 g/mol. The largest absolute Gasteiger partial charge is 0.327 e. The van der Waals surface area contributed by atoms with Crippen LogP contribution in [0.15, 0.2) is 18.2 Å². The second-order valence-electron chi connectivity index (χ2n) is 3.85. The van der Waals surface area contributed by atoms with Gasteiger partial charge in [-0.3, -0.25) is 0 Å². The third-order valence-corrected chi connectivity index (χ3v) is 2.83. The van der Waals surface area contributed by atoms with Crippen molar-refractivity contribution in [2.75, 3.05) is 6.54 Å². The molecule has 1 nitrogen and oxygen atoms in total. The molecule has 0 fully saturated rings. The second-order valence-corrected chi connectivity index (χ2v) is 4.28. The van der Waals surface area contributed by atoms with Gasteiger partial charge in [0.05, 0.1) is 0 Å². The maximum atomic E-state index is 14.4. The van der Waals surface area contributed by atoms with E-state index in [1.165, 1.54) is 12.1 Å². The van der Waals surface area contributed by atoms with Gasteiger partial charge in [0, 0.05) is 17.1 Å². The SMILES string of the molecule is CC(C)C(F)(CN)c1ccc(Cl)cc1F. The van der Waals surface area contributed by atoms with Gasteiger partial charge in [0.25, 0.3) is 0 Å². The lowest BCUT2D eigenvalue weighted by Gasteiger charge is -2.28. The third kappa shape index (κ3) is 2.29. The Morgan fingerprint density at radius 2 is 2.07 bits per heavy atom. The Balaban J connectivity index is 3.24. The van der Waals surface area contributed by atoms with Crippen molar-refractivity contribution >= 4 is 11.6 Å². The van der Waals surface area contributed by atoms with Crippen molar-refractivity contribution in [3.63, 3.8) is 0 Å². The Labute approximate surface area is 93.2 Å². The zero-order valence-electron chi connectivity index (χ0n) is 8.73. The zero-order valence-corrected chi connectivity index (χ0v) is 9.48. The van der Waals surface area contributed by atoms with Crippen LogP contribution in [0.5, 0.6) is 0 Å². The molecule has 0 aliphatic carbocycles. The van der Waals surface area contributed by atoms with Crippen molar-refractivity contribution in [2.45, 2.75) is 19.5 Å². The van der Waals surface area contributed by atoms with E-state index in [1.807, 2.05) is 0 Å². The lowest BCUT2D eigenvalue weighted by molar-refractivity contribution is 0.104. The molecule has 1 atom stereocenters. The summed E-state index contributed by atoms with van der Waals surface area (Å²) in [6.07, 6.45) is 0. The molecule has 0 radical (unpaired) electrons. The van der Waals surface area contributed by atoms with E-state index in [0.717, 1.165) is 6.07 Å². The van der Waals surface area contributed by atoms with Crippen LogP contribution >= 0.6 is 11.6 Å². The minimum absolute atomic E-state index is 0.0237. The van der Waals surface area contributed by atoms with Crippen LogP contribution in [-0.4, -0.2) is 6.54 Å². The molecule has 0 saturated heterocycles. The van der Waals surface area contributed by atoms with Crippen LogP contribution in [0.3, 0.4) is 0 Å². The standard InChI is InChI=1S/C11H14ClF2N/c1-7(2)11(14,6-15)9-4-3-8(12)5-10(9)13/h3-5,7H,6,15H2,1-2H3. The fourth-order valence-corrected chi connectivity index (χ4v) is 1.64. The van der Waals surface area contributed by atoms with E-state index in [-0.39, 0.29) is 17.1 Å². The fraction of sp³-hybridized carbons (Fsp3) is 0.455. The highest BCUT2D eigenvalue weighted by Gasteiger charge is 2.36. The lowest BCUT2D eigenvalue weighted by Crippen LogP contribution is -2.36. The van der Waals surface area contributed by atoms with E-state index < -0.39 is 17.4 Å². The summed E-state index contributed by atoms with van der Waals surface area (Å²) < 4.78 is 27.9. The first-order valence-electron chi connectivity index (χ1n) is 4.76. The number of alkyl halides is 1. The molecule has 1 aromatic rings. The van der Waals surface area contributed by atoms with Gasteiger partial charge in [0.1, 0.15) is 5.82 Å². The molecule has 0 spiro atoms. The lowest BCUT2D eigenvalue weighted by atomic mass is 9.85. The van der Waals surface area contributed by atoms with Crippen molar-refractivity contribution in [3.8, 4) is 0 Å². The van der Waals surface area contributed by atoms with Crippen LogP contribution in [0.25, 0.3) is 0 Å². The van der Waals surface area contributed by atoms with Crippen LogP contribution in [0, 0.1) is 11.7 Å². The molecule has 4 heteroatoms. The minimum Gasteiger partial charge on any atom is -0.327 e. The fourth-order valence-electron chi connectivity index (χ4n) is 1.48. The summed E-state index contributed by atoms with van der Waals surface area (Å²) in [7, 11) is 0. The Hall–Kier alpha value is -0.670. The molecule has 0 saturated carbocycles. The summed E-state index contributed by atoms with van der Waals surface area (Å²) in [4.78, 5) is 0. The Morgan fingerprint density at radius 1 is 1.47 bits per heavy atom. The van der Waals surface area contributed by atoms with Crippen LogP contribution in [-0.2, 0) is 5.67 Å². The zero-order chi connectivity index (χ0) is 11.6. The van der Waals surface area contributed by atoms with Crippen molar-refractivity contribution in [1.82, 2.24) is 0 Å². The first kappa shape index (κ1) is 12.4. The average Bonchev–Trinajstić information content (AvgIpc) is 2.16. The number of halogens is 3. The predicted molar refractivity (Wildman–Crippen MR) is 58.1 cm³/mol. The van der Waals surface area contributed by atoms with Gasteiger partial charge in [-0.05, 0) is 18.1 Å². The summed E-state index contributed by atoms with van der Waals surface area (Å²) in [6, 6.07) is 3.92. The summed E-state index contributed by atoms with van der Waals surface area (Å²) in [5, 5.41) is 0.249. The normalized spacial score (nSPS) is 15.4. The topological polar surface area (TPSA) is 26.0 Å². The van der Waals surface area contributed by atoms with Gasteiger partial charge in [-0.2, -0.15) is 0 Å². The van der Waals surface area contributed by atoms with Gasteiger partial charge in [-0.25, -0.2) is 8.78 Å². The highest BCUT2D eigenvalue weighted by molar-refractivity contribution is 6.30. The van der Waals surface area contributed by atoms with E-state index in [4.69, 9.17) is 17.3 Å². The predicted octanol–water partition coefficient (Wildman–Crippen LogP) is 3.26. The van der Waals surface area contributed by atoms with Crippen molar-refractivity contribution < 1.29 is 8.78 Å². The molecule has 1 rings (SSSR count). The van der Waals surface area contributed by atoms with E-state index in [9.17, 15) is 8.78 Å². The number of rotatable bonds is 3. The maximum absolute atomic E-state index is 14.4. The highest BCUT2D eigenvalue weighted by atomic mass is 35.5. The molecule has 0 aromatic heterocycles. The molecule has 2 N–H and O–H groups in total. The first-order chi connectivity index (χ1) is 6.91. The molecule has 0 aliphatic heterocycles. The van der Waals surface area contributed by atoms with Crippen molar-refractivity contribution in [3.05, 3.63) is 34.6 Å². The molecule has 0 aliphatic rings. The van der Waals surface area contributed by atoms with Gasteiger partial charge in [-0.1, -0.05) is 31.5 Å². The quantitative estimate of drug-likeness (QED) is 0.852. The van der Waals surface area contributed by atoms with Gasteiger partial charge in [0.2, 0.25) is 0 Å². The Morgan fingerprint density at radius 3 is 2.47 bits per heavy atom. The van der Waals surface area contributed by atoms with Gasteiger partial charge < -0.3 is 5.73 Å². The van der Waals surface area contributed by atoms with E-state index in [1.54, 1.807) is 13.8 Å². The smallest absolute Gasteiger partial charge is 0.153 e. The van der Waals surface area contributed by atoms with Crippen molar-refractivity contribution in [1.29, 1.82) is 0 Å². The minimum atomic E-state index is -1.84. The number of benzene rings is 1. The van der Waals surface area contributed by atoms with E-state index in [2.05, 4.69) is 0 Å². The third-order valence-electron chi connectivity index (χ3n) is 2.59. The highest BCUT2D eigenvalue weighted by Crippen LogP contribution is 2.35. The summed E-state index contributed by atoms with van der Waals surface area (Å²) in [5.74, 6) is -1.04. The van der Waals surface area contributed by atoms with Gasteiger partial charge in [-0.15, -0.1) is 0 Å².